The van der Waals surface area contributed by atoms with Gasteiger partial charge in [-0.05, 0) is 37.0 Å². The number of hydrogen-bond acceptors (Lipinski definition) is 4. The van der Waals surface area contributed by atoms with Crippen molar-refractivity contribution in [1.82, 2.24) is 10.6 Å². The average molecular weight is 405 g/mol. The van der Waals surface area contributed by atoms with Crippen LogP contribution in [0.2, 0.25) is 0 Å². The number of piperidine rings is 1. The minimum atomic E-state index is -0.898. The number of aliphatic hydroxyl groups excluding tert-OH is 1. The summed E-state index contributed by atoms with van der Waals surface area (Å²) >= 11 is 0. The molecule has 0 bridgehead atoms. The molecule has 1 aromatic carbocycles. The minimum absolute atomic E-state index is 0. The highest BCUT2D eigenvalue weighted by atomic mass is 35.5. The topological polar surface area (TPSA) is 70.6 Å². The van der Waals surface area contributed by atoms with Gasteiger partial charge in [0.05, 0.1) is 24.9 Å². The van der Waals surface area contributed by atoms with Crippen molar-refractivity contribution in [3.63, 3.8) is 0 Å². The van der Waals surface area contributed by atoms with E-state index in [1.165, 1.54) is 19.1 Å². The molecule has 0 aromatic heterocycles. The Balaban J connectivity index is 0.00000364. The lowest BCUT2D eigenvalue weighted by Gasteiger charge is -2.36. The Morgan fingerprint density at radius 2 is 2.07 bits per heavy atom. The highest BCUT2D eigenvalue weighted by Gasteiger charge is 2.32. The molecule has 2 rings (SSSR count). The van der Waals surface area contributed by atoms with Crippen LogP contribution in [0.15, 0.2) is 30.9 Å². The molecule has 3 N–H and O–H groups in total. The van der Waals surface area contributed by atoms with Gasteiger partial charge in [-0.1, -0.05) is 6.08 Å². The number of halogens is 3. The van der Waals surface area contributed by atoms with E-state index in [2.05, 4.69) is 17.2 Å². The minimum Gasteiger partial charge on any atom is -0.389 e. The van der Waals surface area contributed by atoms with E-state index in [0.717, 1.165) is 12.5 Å². The van der Waals surface area contributed by atoms with Crippen molar-refractivity contribution in [3.8, 4) is 0 Å². The standard InChI is InChI=1S/C19H26F2N2O3.ClH/c1-3-6-26-16-4-5-17(22-11-16)19(25)18(23-12(2)24)9-13-7-14(20)10-15(21)8-13;/h3,7-8,10,16-19,22,25H,1,4-6,9,11H2,2H3,(H,23,24);1H/t16-,17-,18+,19+;/m1./s1. The predicted molar refractivity (Wildman–Crippen MR) is 102 cm³/mol. The van der Waals surface area contributed by atoms with Gasteiger partial charge in [-0.2, -0.15) is 0 Å². The smallest absolute Gasteiger partial charge is 0.217 e. The lowest BCUT2D eigenvalue weighted by atomic mass is 9.90. The second-order valence-electron chi connectivity index (χ2n) is 6.62. The molecule has 1 aliphatic rings. The van der Waals surface area contributed by atoms with Gasteiger partial charge in [0.15, 0.2) is 0 Å². The van der Waals surface area contributed by atoms with E-state index in [9.17, 15) is 18.7 Å². The molecule has 1 amide bonds. The van der Waals surface area contributed by atoms with Gasteiger partial charge in [-0.25, -0.2) is 8.78 Å². The van der Waals surface area contributed by atoms with Gasteiger partial charge in [0, 0.05) is 25.6 Å². The fraction of sp³-hybridized carbons (Fsp3) is 0.526. The highest BCUT2D eigenvalue weighted by Crippen LogP contribution is 2.18. The summed E-state index contributed by atoms with van der Waals surface area (Å²) < 4.78 is 32.4. The van der Waals surface area contributed by atoms with Crippen LogP contribution in [0.4, 0.5) is 8.78 Å². The van der Waals surface area contributed by atoms with Crippen LogP contribution in [0, 0.1) is 11.6 Å². The number of carbonyl (C=O) groups excluding carboxylic acids is 1. The monoisotopic (exact) mass is 404 g/mol. The zero-order chi connectivity index (χ0) is 19.1. The molecule has 1 aromatic rings. The van der Waals surface area contributed by atoms with Gasteiger partial charge < -0.3 is 20.5 Å². The first-order valence-electron chi connectivity index (χ1n) is 8.75. The molecular weight excluding hydrogens is 378 g/mol. The maximum Gasteiger partial charge on any atom is 0.217 e. The number of rotatable bonds is 8. The van der Waals surface area contributed by atoms with Crippen LogP contribution in [-0.4, -0.2) is 48.5 Å². The Kier molecular flexibility index (Phi) is 9.87. The first kappa shape index (κ1) is 23.5. The molecule has 152 valence electrons. The Morgan fingerprint density at radius 1 is 1.41 bits per heavy atom. The van der Waals surface area contributed by atoms with Crippen molar-refractivity contribution < 1.29 is 23.4 Å². The summed E-state index contributed by atoms with van der Waals surface area (Å²) in [6, 6.07) is 2.31. The molecule has 1 heterocycles. The molecule has 0 aliphatic carbocycles. The summed E-state index contributed by atoms with van der Waals surface area (Å²) in [5, 5.41) is 16.6. The average Bonchev–Trinajstić information content (AvgIpc) is 2.58. The molecular formula is C19H27ClF2N2O3. The fourth-order valence-corrected chi connectivity index (χ4v) is 3.27. The molecule has 1 aliphatic heterocycles. The van der Waals surface area contributed by atoms with Crippen LogP contribution >= 0.6 is 12.4 Å². The van der Waals surface area contributed by atoms with Gasteiger partial charge in [-0.3, -0.25) is 4.79 Å². The van der Waals surface area contributed by atoms with Crippen molar-refractivity contribution in [2.24, 2.45) is 0 Å². The number of hydrogen-bond donors (Lipinski definition) is 3. The van der Waals surface area contributed by atoms with Gasteiger partial charge in [0.2, 0.25) is 5.91 Å². The van der Waals surface area contributed by atoms with E-state index in [1.54, 1.807) is 6.08 Å². The summed E-state index contributed by atoms with van der Waals surface area (Å²) in [6.07, 6.45) is 2.40. The van der Waals surface area contributed by atoms with Crippen molar-refractivity contribution in [2.75, 3.05) is 13.2 Å². The number of nitrogens with one attached hydrogen (secondary N) is 2. The Hall–Kier alpha value is -1.54. The van der Waals surface area contributed by atoms with Gasteiger partial charge in [0.1, 0.15) is 11.6 Å². The fourth-order valence-electron chi connectivity index (χ4n) is 3.27. The quantitative estimate of drug-likeness (QED) is 0.580. The van der Waals surface area contributed by atoms with Crippen LogP contribution in [-0.2, 0) is 16.0 Å². The number of carbonyl (C=O) groups is 1. The second kappa shape index (κ2) is 11.3. The third kappa shape index (κ3) is 7.54. The maximum absolute atomic E-state index is 13.4. The third-order valence-corrected chi connectivity index (χ3v) is 4.45. The normalized spacial score (nSPS) is 21.6. The second-order valence-corrected chi connectivity index (χ2v) is 6.62. The van der Waals surface area contributed by atoms with Crippen molar-refractivity contribution >= 4 is 18.3 Å². The van der Waals surface area contributed by atoms with Gasteiger partial charge >= 0.3 is 0 Å². The summed E-state index contributed by atoms with van der Waals surface area (Å²) in [5.41, 5.74) is 0.378. The molecule has 27 heavy (non-hydrogen) atoms. The SMILES string of the molecule is C=CCO[C@@H]1CC[C@H]([C@H](O)[C@H](Cc2cc(F)cc(F)c2)NC(C)=O)NC1.Cl. The predicted octanol–water partition coefficient (Wildman–Crippen LogP) is 2.12. The van der Waals surface area contributed by atoms with Crippen LogP contribution in [0.3, 0.4) is 0 Å². The molecule has 4 atom stereocenters. The number of aliphatic hydroxyl groups is 1. The van der Waals surface area contributed by atoms with E-state index >= 15 is 0 Å². The van der Waals surface area contributed by atoms with Crippen LogP contribution in [0.5, 0.6) is 0 Å². The highest BCUT2D eigenvalue weighted by molar-refractivity contribution is 5.85. The Labute approximate surface area is 164 Å². The van der Waals surface area contributed by atoms with Crippen molar-refractivity contribution in [1.29, 1.82) is 0 Å². The lowest BCUT2D eigenvalue weighted by molar-refractivity contribution is -0.120. The number of amides is 1. The lowest BCUT2D eigenvalue weighted by Crippen LogP contribution is -2.56. The largest absolute Gasteiger partial charge is 0.389 e. The number of ether oxygens (including phenoxy) is 1. The van der Waals surface area contributed by atoms with E-state index in [0.29, 0.717) is 25.1 Å². The van der Waals surface area contributed by atoms with Crippen LogP contribution < -0.4 is 10.6 Å². The molecule has 1 saturated heterocycles. The molecule has 5 nitrogen and oxygen atoms in total. The van der Waals surface area contributed by atoms with Crippen molar-refractivity contribution in [3.05, 3.63) is 48.1 Å². The summed E-state index contributed by atoms with van der Waals surface area (Å²) in [6.45, 7) is 6.01. The zero-order valence-corrected chi connectivity index (χ0v) is 16.1. The molecule has 8 heteroatoms. The Morgan fingerprint density at radius 3 is 2.59 bits per heavy atom. The molecule has 1 fully saturated rings. The summed E-state index contributed by atoms with van der Waals surface area (Å²) in [4.78, 5) is 11.5. The van der Waals surface area contributed by atoms with Crippen LogP contribution in [0.1, 0.15) is 25.3 Å². The Bertz CT molecular complexity index is 605. The van der Waals surface area contributed by atoms with E-state index in [1.807, 2.05) is 0 Å². The summed E-state index contributed by atoms with van der Waals surface area (Å²) in [7, 11) is 0. The summed E-state index contributed by atoms with van der Waals surface area (Å²) in [5.74, 6) is -1.68. The molecule has 0 unspecified atom stereocenters. The third-order valence-electron chi connectivity index (χ3n) is 4.45. The van der Waals surface area contributed by atoms with E-state index in [4.69, 9.17) is 4.74 Å². The van der Waals surface area contributed by atoms with E-state index < -0.39 is 23.8 Å². The molecule has 0 spiro atoms. The first-order chi connectivity index (χ1) is 12.4. The van der Waals surface area contributed by atoms with Gasteiger partial charge in [0.25, 0.3) is 0 Å². The van der Waals surface area contributed by atoms with Gasteiger partial charge in [-0.15, -0.1) is 19.0 Å². The number of benzene rings is 1. The molecule has 0 saturated carbocycles. The van der Waals surface area contributed by atoms with Crippen LogP contribution in [0.25, 0.3) is 0 Å². The van der Waals surface area contributed by atoms with E-state index in [-0.39, 0.29) is 36.9 Å². The van der Waals surface area contributed by atoms with Crippen molar-refractivity contribution in [2.45, 2.75) is 50.5 Å². The maximum atomic E-state index is 13.4. The zero-order valence-electron chi connectivity index (χ0n) is 15.3. The molecule has 0 radical (unpaired) electrons. The first-order valence-corrected chi connectivity index (χ1v) is 8.75.